The molecule has 3 nitrogen and oxygen atoms in total. The number of nitrogens with two attached hydrogens (primary N) is 1. The molecule has 2 N–H and O–H groups in total. The predicted molar refractivity (Wildman–Crippen MR) is 72.0 cm³/mol. The largest absolute Gasteiger partial charge is 0.492 e. The van der Waals surface area contributed by atoms with Crippen molar-refractivity contribution < 1.29 is 4.74 Å². The van der Waals surface area contributed by atoms with E-state index in [1.807, 2.05) is 42.6 Å². The Bertz CT molecular complexity index is 465. The van der Waals surface area contributed by atoms with Gasteiger partial charge in [-0.15, -0.1) is 0 Å². The van der Waals surface area contributed by atoms with Gasteiger partial charge in [-0.3, -0.25) is 0 Å². The second kappa shape index (κ2) is 5.89. The molecule has 1 heterocycles. The summed E-state index contributed by atoms with van der Waals surface area (Å²) in [5.41, 5.74) is 6.76. The zero-order valence-corrected chi connectivity index (χ0v) is 11.1. The van der Waals surface area contributed by atoms with Crippen LogP contribution in [0.2, 0.25) is 0 Å². The van der Waals surface area contributed by atoms with Gasteiger partial charge in [0.25, 0.3) is 0 Å². The van der Waals surface area contributed by atoms with Crippen molar-refractivity contribution in [2.45, 2.75) is 13.1 Å². The molecule has 0 aliphatic heterocycles. The number of benzene rings is 1. The normalized spacial score (nSPS) is 10.5. The van der Waals surface area contributed by atoms with Crippen LogP contribution >= 0.6 is 15.9 Å². The predicted octanol–water partition coefficient (Wildman–Crippen LogP) is 2.79. The van der Waals surface area contributed by atoms with Crippen molar-refractivity contribution in [2.24, 2.45) is 5.73 Å². The SMILES string of the molecule is NCc1cccn1CCOc1ccc(Br)cc1. The average Bonchev–Trinajstić information content (AvgIpc) is 2.79. The maximum absolute atomic E-state index is 5.65. The first-order chi connectivity index (χ1) is 8.29. The van der Waals surface area contributed by atoms with Crippen molar-refractivity contribution in [2.75, 3.05) is 6.61 Å². The van der Waals surface area contributed by atoms with Gasteiger partial charge in [-0.1, -0.05) is 15.9 Å². The van der Waals surface area contributed by atoms with E-state index in [-0.39, 0.29) is 0 Å². The summed E-state index contributed by atoms with van der Waals surface area (Å²) < 4.78 is 8.82. The Kier molecular flexibility index (Phi) is 4.23. The van der Waals surface area contributed by atoms with Crippen molar-refractivity contribution in [3.05, 3.63) is 52.8 Å². The molecule has 4 heteroatoms. The van der Waals surface area contributed by atoms with Gasteiger partial charge in [-0.2, -0.15) is 0 Å². The molecule has 0 saturated carbocycles. The number of halogens is 1. The lowest BCUT2D eigenvalue weighted by atomic mass is 10.3. The average molecular weight is 295 g/mol. The highest BCUT2D eigenvalue weighted by molar-refractivity contribution is 9.10. The van der Waals surface area contributed by atoms with E-state index in [9.17, 15) is 0 Å². The molecule has 0 spiro atoms. The number of nitrogens with zero attached hydrogens (tertiary/aromatic N) is 1. The maximum atomic E-state index is 5.65. The van der Waals surface area contributed by atoms with Crippen LogP contribution in [0.4, 0.5) is 0 Å². The van der Waals surface area contributed by atoms with Gasteiger partial charge in [0.05, 0.1) is 6.54 Å². The summed E-state index contributed by atoms with van der Waals surface area (Å²) in [5.74, 6) is 0.884. The lowest BCUT2D eigenvalue weighted by Crippen LogP contribution is -2.12. The Labute approximate surface area is 109 Å². The van der Waals surface area contributed by atoms with Crippen molar-refractivity contribution >= 4 is 15.9 Å². The Morgan fingerprint density at radius 1 is 1.18 bits per heavy atom. The number of hydrogen-bond acceptors (Lipinski definition) is 2. The van der Waals surface area contributed by atoms with Crippen LogP contribution in [0.5, 0.6) is 5.75 Å². The summed E-state index contributed by atoms with van der Waals surface area (Å²) in [4.78, 5) is 0. The first kappa shape index (κ1) is 12.2. The monoisotopic (exact) mass is 294 g/mol. The zero-order chi connectivity index (χ0) is 12.1. The molecule has 1 aromatic heterocycles. The fourth-order valence-corrected chi connectivity index (χ4v) is 1.91. The standard InChI is InChI=1S/C13H15BrN2O/c14-11-3-5-13(6-4-11)17-9-8-16-7-1-2-12(16)10-15/h1-7H,8-10,15H2. The van der Waals surface area contributed by atoms with Crippen LogP contribution in [-0.2, 0) is 13.1 Å². The van der Waals surface area contributed by atoms with Crippen LogP contribution in [-0.4, -0.2) is 11.2 Å². The minimum absolute atomic E-state index is 0.561. The highest BCUT2D eigenvalue weighted by atomic mass is 79.9. The molecule has 0 radical (unpaired) electrons. The van der Waals surface area contributed by atoms with Gasteiger partial charge in [-0.05, 0) is 36.4 Å². The second-order valence-corrected chi connectivity index (χ2v) is 4.62. The molecular weight excluding hydrogens is 280 g/mol. The molecule has 2 rings (SSSR count). The second-order valence-electron chi connectivity index (χ2n) is 3.70. The molecular formula is C13H15BrN2O. The molecule has 0 saturated heterocycles. The zero-order valence-electron chi connectivity index (χ0n) is 9.47. The highest BCUT2D eigenvalue weighted by Crippen LogP contribution is 2.16. The maximum Gasteiger partial charge on any atom is 0.119 e. The van der Waals surface area contributed by atoms with E-state index in [4.69, 9.17) is 10.5 Å². The number of rotatable bonds is 5. The third-order valence-corrected chi connectivity index (χ3v) is 3.08. The number of aromatic nitrogens is 1. The minimum Gasteiger partial charge on any atom is -0.492 e. The lowest BCUT2D eigenvalue weighted by molar-refractivity contribution is 0.297. The molecule has 0 unspecified atom stereocenters. The van der Waals surface area contributed by atoms with Gasteiger partial charge in [0.1, 0.15) is 12.4 Å². The van der Waals surface area contributed by atoms with Crippen molar-refractivity contribution in [3.8, 4) is 5.75 Å². The summed E-state index contributed by atoms with van der Waals surface area (Å²) >= 11 is 3.39. The summed E-state index contributed by atoms with van der Waals surface area (Å²) in [7, 11) is 0. The van der Waals surface area contributed by atoms with E-state index in [1.54, 1.807) is 0 Å². The van der Waals surface area contributed by atoms with Crippen LogP contribution in [0.3, 0.4) is 0 Å². The van der Waals surface area contributed by atoms with Gasteiger partial charge in [0, 0.05) is 22.9 Å². The van der Waals surface area contributed by atoms with E-state index in [1.165, 1.54) is 0 Å². The number of ether oxygens (including phenoxy) is 1. The van der Waals surface area contributed by atoms with E-state index in [0.717, 1.165) is 22.5 Å². The molecule has 1 aromatic carbocycles. The van der Waals surface area contributed by atoms with E-state index in [0.29, 0.717) is 13.2 Å². The van der Waals surface area contributed by atoms with Crippen LogP contribution in [0, 0.1) is 0 Å². The van der Waals surface area contributed by atoms with Crippen molar-refractivity contribution in [1.82, 2.24) is 4.57 Å². The summed E-state index contributed by atoms with van der Waals surface area (Å²) in [6, 6.07) is 11.9. The first-order valence-electron chi connectivity index (χ1n) is 5.52. The van der Waals surface area contributed by atoms with Crippen molar-refractivity contribution in [3.63, 3.8) is 0 Å². The summed E-state index contributed by atoms with van der Waals surface area (Å²) in [6.45, 7) is 2.02. The minimum atomic E-state index is 0.561. The Balaban J connectivity index is 1.85. The van der Waals surface area contributed by atoms with Gasteiger partial charge in [0.15, 0.2) is 0 Å². The highest BCUT2D eigenvalue weighted by Gasteiger charge is 1.99. The van der Waals surface area contributed by atoms with Gasteiger partial charge < -0.3 is 15.0 Å². The summed E-state index contributed by atoms with van der Waals surface area (Å²) in [5, 5.41) is 0. The molecule has 0 aliphatic rings. The topological polar surface area (TPSA) is 40.2 Å². The quantitative estimate of drug-likeness (QED) is 0.921. The van der Waals surface area contributed by atoms with Crippen LogP contribution in [0.1, 0.15) is 5.69 Å². The molecule has 0 amide bonds. The Morgan fingerprint density at radius 2 is 1.94 bits per heavy atom. The van der Waals surface area contributed by atoms with Gasteiger partial charge in [0.2, 0.25) is 0 Å². The molecule has 17 heavy (non-hydrogen) atoms. The third-order valence-electron chi connectivity index (χ3n) is 2.55. The molecule has 0 atom stereocenters. The van der Waals surface area contributed by atoms with Gasteiger partial charge >= 0.3 is 0 Å². The summed E-state index contributed by atoms with van der Waals surface area (Å²) in [6.07, 6.45) is 2.02. The van der Waals surface area contributed by atoms with E-state index < -0.39 is 0 Å². The fraction of sp³-hybridized carbons (Fsp3) is 0.231. The lowest BCUT2D eigenvalue weighted by Gasteiger charge is -2.09. The first-order valence-corrected chi connectivity index (χ1v) is 6.31. The smallest absolute Gasteiger partial charge is 0.119 e. The fourth-order valence-electron chi connectivity index (χ4n) is 1.65. The molecule has 90 valence electrons. The molecule has 0 fully saturated rings. The van der Waals surface area contributed by atoms with Crippen LogP contribution in [0.15, 0.2) is 47.1 Å². The molecule has 2 aromatic rings. The van der Waals surface area contributed by atoms with Crippen LogP contribution in [0.25, 0.3) is 0 Å². The number of hydrogen-bond donors (Lipinski definition) is 1. The third kappa shape index (κ3) is 3.35. The molecule has 0 bridgehead atoms. The van der Waals surface area contributed by atoms with E-state index >= 15 is 0 Å². The van der Waals surface area contributed by atoms with Gasteiger partial charge in [-0.25, -0.2) is 0 Å². The molecule has 0 aliphatic carbocycles. The Morgan fingerprint density at radius 3 is 2.65 bits per heavy atom. The van der Waals surface area contributed by atoms with Crippen molar-refractivity contribution in [1.29, 1.82) is 0 Å². The van der Waals surface area contributed by atoms with Crippen LogP contribution < -0.4 is 10.5 Å². The Hall–Kier alpha value is -1.26. The van der Waals surface area contributed by atoms with E-state index in [2.05, 4.69) is 20.5 Å².